The number of hydrogen-bond acceptors (Lipinski definition) is 5. The van der Waals surface area contributed by atoms with Crippen LogP contribution in [0, 0.1) is 0 Å². The molecule has 0 bridgehead atoms. The Balaban J connectivity index is 1.63. The lowest BCUT2D eigenvalue weighted by atomic mass is 9.94. The van der Waals surface area contributed by atoms with Crippen molar-refractivity contribution < 1.29 is 9.26 Å². The number of aromatic nitrogens is 2. The molecule has 0 aliphatic carbocycles. The normalized spacial score (nSPS) is 15.7. The number of thiocarbonyl (C=S) groups is 1. The Morgan fingerprint density at radius 3 is 2.50 bits per heavy atom. The molecule has 0 fully saturated rings. The van der Waals surface area contributed by atoms with Gasteiger partial charge in [0, 0.05) is 16.9 Å². The molecule has 1 aliphatic rings. The summed E-state index contributed by atoms with van der Waals surface area (Å²) < 4.78 is 11.5. The van der Waals surface area contributed by atoms with Gasteiger partial charge in [-0.3, -0.25) is 4.90 Å². The number of rotatable bonds is 7. The van der Waals surface area contributed by atoms with Crippen molar-refractivity contribution in [2.24, 2.45) is 0 Å². The van der Waals surface area contributed by atoms with Crippen molar-refractivity contribution >= 4 is 28.6 Å². The fraction of sp³-hybridized carbons (Fsp3) is 0.207. The summed E-state index contributed by atoms with van der Waals surface area (Å²) in [5.74, 6) is 1.82. The number of anilines is 1. The molecule has 1 atom stereocenters. The van der Waals surface area contributed by atoms with Gasteiger partial charge in [-0.2, -0.15) is 4.98 Å². The molecule has 1 unspecified atom stereocenters. The van der Waals surface area contributed by atoms with Crippen molar-refractivity contribution in [1.82, 2.24) is 15.5 Å². The van der Waals surface area contributed by atoms with E-state index in [0.29, 0.717) is 23.4 Å². The van der Waals surface area contributed by atoms with Crippen LogP contribution in [0.15, 0.2) is 89.1 Å². The SMILES string of the molecule is CCOc1ccc(C2NC(=S)N(c3cccc(CC)c3)C(C)=C2c2nc(-c3ccccc3)no2)cc1. The molecular weight excluding hydrogens is 468 g/mol. The van der Waals surface area contributed by atoms with Crippen LogP contribution in [0.25, 0.3) is 17.0 Å². The molecule has 7 heteroatoms. The molecule has 182 valence electrons. The standard InChI is InChI=1S/C29H28N4O2S/c1-4-20-10-9-13-23(18-20)33-19(3)25(28-31-27(32-35-28)22-11-7-6-8-12-22)26(30-29(33)36)21-14-16-24(17-15-21)34-5-2/h6-18,26H,4-5H2,1-3H3,(H,30,36). The zero-order valence-corrected chi connectivity index (χ0v) is 21.4. The molecule has 6 nitrogen and oxygen atoms in total. The molecule has 0 spiro atoms. The molecule has 1 N–H and O–H groups in total. The molecule has 5 rings (SSSR count). The van der Waals surface area contributed by atoms with E-state index in [1.807, 2.05) is 66.4 Å². The molecule has 0 radical (unpaired) electrons. The fourth-order valence-corrected chi connectivity index (χ4v) is 4.82. The summed E-state index contributed by atoms with van der Waals surface area (Å²) in [6, 6.07) is 26.0. The zero-order chi connectivity index (χ0) is 25.1. The number of nitrogens with one attached hydrogen (secondary N) is 1. The number of allylic oxidation sites excluding steroid dienone is 1. The predicted octanol–water partition coefficient (Wildman–Crippen LogP) is 6.56. The van der Waals surface area contributed by atoms with E-state index in [1.165, 1.54) is 5.56 Å². The van der Waals surface area contributed by atoms with Gasteiger partial charge in [0.25, 0.3) is 5.89 Å². The third-order valence-corrected chi connectivity index (χ3v) is 6.58. The molecule has 4 aromatic rings. The first-order valence-corrected chi connectivity index (χ1v) is 12.5. The summed E-state index contributed by atoms with van der Waals surface area (Å²) in [6.07, 6.45) is 0.941. The van der Waals surface area contributed by atoms with Crippen LogP contribution in [-0.2, 0) is 6.42 Å². The summed E-state index contributed by atoms with van der Waals surface area (Å²) in [4.78, 5) is 6.84. The Bertz CT molecular complexity index is 1400. The van der Waals surface area contributed by atoms with Gasteiger partial charge in [-0.1, -0.05) is 66.7 Å². The van der Waals surface area contributed by atoms with Crippen LogP contribution >= 0.6 is 12.2 Å². The fourth-order valence-electron chi connectivity index (χ4n) is 4.46. The van der Waals surface area contributed by atoms with Gasteiger partial charge < -0.3 is 14.6 Å². The molecule has 1 aromatic heterocycles. The lowest BCUT2D eigenvalue weighted by Crippen LogP contribution is -2.46. The van der Waals surface area contributed by atoms with Crippen LogP contribution in [-0.4, -0.2) is 21.9 Å². The van der Waals surface area contributed by atoms with Gasteiger partial charge in [0.05, 0.1) is 18.2 Å². The molecule has 36 heavy (non-hydrogen) atoms. The highest BCUT2D eigenvalue weighted by Crippen LogP contribution is 2.39. The van der Waals surface area contributed by atoms with Crippen LogP contribution in [0.3, 0.4) is 0 Å². The van der Waals surface area contributed by atoms with Crippen molar-refractivity contribution in [3.63, 3.8) is 0 Å². The zero-order valence-electron chi connectivity index (χ0n) is 20.6. The van der Waals surface area contributed by atoms with E-state index in [0.717, 1.165) is 40.3 Å². The number of ether oxygens (including phenoxy) is 1. The van der Waals surface area contributed by atoms with Crippen LogP contribution < -0.4 is 15.0 Å². The van der Waals surface area contributed by atoms with E-state index in [2.05, 4.69) is 48.6 Å². The monoisotopic (exact) mass is 496 g/mol. The second-order valence-electron chi connectivity index (χ2n) is 8.53. The van der Waals surface area contributed by atoms with E-state index < -0.39 is 0 Å². The predicted molar refractivity (Wildman–Crippen MR) is 147 cm³/mol. The Hall–Kier alpha value is -3.97. The van der Waals surface area contributed by atoms with E-state index in [1.54, 1.807) is 0 Å². The number of hydrogen-bond donors (Lipinski definition) is 1. The van der Waals surface area contributed by atoms with Crippen LogP contribution in [0.5, 0.6) is 5.75 Å². The summed E-state index contributed by atoms with van der Waals surface area (Å²) in [5, 5.41) is 8.43. The molecule has 1 aliphatic heterocycles. The number of nitrogens with zero attached hydrogens (tertiary/aromatic N) is 3. The second-order valence-corrected chi connectivity index (χ2v) is 8.92. The molecule has 0 amide bonds. The maximum atomic E-state index is 5.88. The van der Waals surface area contributed by atoms with Crippen molar-refractivity contribution in [2.75, 3.05) is 11.5 Å². The first kappa shape index (κ1) is 23.8. The Labute approximate surface area is 216 Å². The van der Waals surface area contributed by atoms with Gasteiger partial charge in [-0.25, -0.2) is 0 Å². The summed E-state index contributed by atoms with van der Waals surface area (Å²) >= 11 is 5.88. The number of aryl methyl sites for hydroxylation is 1. The van der Waals surface area contributed by atoms with Gasteiger partial charge >= 0.3 is 0 Å². The minimum absolute atomic E-state index is 0.261. The minimum Gasteiger partial charge on any atom is -0.494 e. The van der Waals surface area contributed by atoms with E-state index in [9.17, 15) is 0 Å². The van der Waals surface area contributed by atoms with Gasteiger partial charge in [0.15, 0.2) is 5.11 Å². The second kappa shape index (κ2) is 10.3. The maximum absolute atomic E-state index is 5.88. The third kappa shape index (κ3) is 4.62. The topological polar surface area (TPSA) is 63.4 Å². The van der Waals surface area contributed by atoms with Crippen molar-refractivity contribution in [2.45, 2.75) is 33.2 Å². The first-order chi connectivity index (χ1) is 17.6. The maximum Gasteiger partial charge on any atom is 0.258 e. The average molecular weight is 497 g/mol. The molecular formula is C29H28N4O2S. The van der Waals surface area contributed by atoms with E-state index in [-0.39, 0.29) is 6.04 Å². The quantitative estimate of drug-likeness (QED) is 0.291. The van der Waals surface area contributed by atoms with Crippen molar-refractivity contribution in [3.05, 3.63) is 102 Å². The number of benzene rings is 3. The Morgan fingerprint density at radius 1 is 1.00 bits per heavy atom. The molecule has 2 heterocycles. The van der Waals surface area contributed by atoms with Crippen molar-refractivity contribution in [1.29, 1.82) is 0 Å². The van der Waals surface area contributed by atoms with Crippen LogP contribution in [0.2, 0.25) is 0 Å². The van der Waals surface area contributed by atoms with Gasteiger partial charge in [0.2, 0.25) is 5.82 Å². The van der Waals surface area contributed by atoms with E-state index in [4.69, 9.17) is 26.5 Å². The highest BCUT2D eigenvalue weighted by atomic mass is 32.1. The van der Waals surface area contributed by atoms with Crippen LogP contribution in [0.1, 0.15) is 43.8 Å². The summed E-state index contributed by atoms with van der Waals surface area (Å²) in [5.41, 5.74) is 5.97. The Kier molecular flexibility index (Phi) is 6.82. The average Bonchev–Trinajstić information content (AvgIpc) is 3.39. The first-order valence-electron chi connectivity index (χ1n) is 12.1. The van der Waals surface area contributed by atoms with Gasteiger partial charge in [-0.15, -0.1) is 0 Å². The van der Waals surface area contributed by atoms with Gasteiger partial charge in [-0.05, 0) is 67.9 Å². The third-order valence-electron chi connectivity index (χ3n) is 6.27. The minimum atomic E-state index is -0.261. The van der Waals surface area contributed by atoms with Crippen molar-refractivity contribution in [3.8, 4) is 17.1 Å². The largest absolute Gasteiger partial charge is 0.494 e. The highest BCUT2D eigenvalue weighted by Gasteiger charge is 2.34. The summed E-state index contributed by atoms with van der Waals surface area (Å²) in [7, 11) is 0. The Morgan fingerprint density at radius 2 is 1.78 bits per heavy atom. The summed E-state index contributed by atoms with van der Waals surface area (Å²) in [6.45, 7) is 6.78. The molecule has 0 saturated heterocycles. The van der Waals surface area contributed by atoms with E-state index >= 15 is 0 Å². The van der Waals surface area contributed by atoms with Gasteiger partial charge in [0.1, 0.15) is 5.75 Å². The van der Waals surface area contributed by atoms with Crippen LogP contribution in [0.4, 0.5) is 5.69 Å². The highest BCUT2D eigenvalue weighted by molar-refractivity contribution is 7.80. The molecule has 0 saturated carbocycles. The molecule has 3 aromatic carbocycles. The lowest BCUT2D eigenvalue weighted by Gasteiger charge is -2.37. The lowest BCUT2D eigenvalue weighted by molar-refractivity contribution is 0.340. The smallest absolute Gasteiger partial charge is 0.258 e.